The van der Waals surface area contributed by atoms with Crippen molar-refractivity contribution < 1.29 is 9.59 Å². The molecule has 8 heteroatoms. The Labute approximate surface area is 139 Å². The third-order valence-electron chi connectivity index (χ3n) is 4.17. The molecule has 0 bridgehead atoms. The number of hydrogen-bond donors (Lipinski definition) is 1. The standard InChI is InChI=1S/C16H20N6O2/c1-10-14(17)9-22(19-10)15(23)13-7-18-6-11-8-21(5-4-12(11)13)16(24)20(2)3/h6-7,9H,4-5,8,17H2,1-3H3. The molecule has 2 amide bonds. The van der Waals surface area contributed by atoms with Gasteiger partial charge in [0.25, 0.3) is 5.91 Å². The van der Waals surface area contributed by atoms with Gasteiger partial charge in [-0.05, 0) is 24.5 Å². The zero-order chi connectivity index (χ0) is 17.4. The summed E-state index contributed by atoms with van der Waals surface area (Å²) >= 11 is 0. The molecule has 2 aromatic rings. The van der Waals surface area contributed by atoms with Crippen LogP contribution in [0, 0.1) is 6.92 Å². The summed E-state index contributed by atoms with van der Waals surface area (Å²) in [6.45, 7) is 2.76. The molecule has 0 aliphatic carbocycles. The van der Waals surface area contributed by atoms with Crippen LogP contribution in [0.5, 0.6) is 0 Å². The van der Waals surface area contributed by atoms with Crippen molar-refractivity contribution >= 4 is 17.6 Å². The molecule has 1 aliphatic rings. The lowest BCUT2D eigenvalue weighted by Gasteiger charge is -2.31. The average Bonchev–Trinajstić information content (AvgIpc) is 2.91. The number of aromatic nitrogens is 3. The fraction of sp³-hybridized carbons (Fsp3) is 0.375. The van der Waals surface area contributed by atoms with Gasteiger partial charge in [0.1, 0.15) is 0 Å². The van der Waals surface area contributed by atoms with E-state index in [0.29, 0.717) is 36.5 Å². The first-order valence-corrected chi connectivity index (χ1v) is 7.67. The first-order valence-electron chi connectivity index (χ1n) is 7.67. The van der Waals surface area contributed by atoms with Gasteiger partial charge in [0.15, 0.2) is 0 Å². The van der Waals surface area contributed by atoms with Crippen LogP contribution in [0.3, 0.4) is 0 Å². The van der Waals surface area contributed by atoms with Gasteiger partial charge in [-0.2, -0.15) is 5.10 Å². The summed E-state index contributed by atoms with van der Waals surface area (Å²) in [4.78, 5) is 32.3. The third-order valence-corrected chi connectivity index (χ3v) is 4.17. The number of nitrogens with zero attached hydrogens (tertiary/aromatic N) is 5. The van der Waals surface area contributed by atoms with Gasteiger partial charge in [-0.15, -0.1) is 0 Å². The molecule has 0 saturated heterocycles. The van der Waals surface area contributed by atoms with Crippen LogP contribution in [0.25, 0.3) is 0 Å². The van der Waals surface area contributed by atoms with E-state index in [9.17, 15) is 9.59 Å². The van der Waals surface area contributed by atoms with E-state index >= 15 is 0 Å². The maximum atomic E-state index is 12.7. The zero-order valence-corrected chi connectivity index (χ0v) is 14.0. The highest BCUT2D eigenvalue weighted by molar-refractivity contribution is 5.97. The van der Waals surface area contributed by atoms with E-state index in [0.717, 1.165) is 11.1 Å². The Morgan fingerprint density at radius 2 is 2.04 bits per heavy atom. The highest BCUT2D eigenvalue weighted by atomic mass is 16.2. The number of nitrogen functional groups attached to an aromatic ring is 1. The molecule has 3 heterocycles. The molecule has 3 rings (SSSR count). The van der Waals surface area contributed by atoms with E-state index in [4.69, 9.17) is 5.73 Å². The molecule has 2 N–H and O–H groups in total. The van der Waals surface area contributed by atoms with Gasteiger partial charge >= 0.3 is 6.03 Å². The first kappa shape index (κ1) is 16.0. The first-order chi connectivity index (χ1) is 11.4. The van der Waals surface area contributed by atoms with Crippen molar-refractivity contribution in [1.82, 2.24) is 24.6 Å². The Morgan fingerprint density at radius 3 is 2.67 bits per heavy atom. The molecular weight excluding hydrogens is 308 g/mol. The lowest BCUT2D eigenvalue weighted by atomic mass is 9.97. The fourth-order valence-corrected chi connectivity index (χ4v) is 2.82. The van der Waals surface area contributed by atoms with Crippen LogP contribution in [0.1, 0.15) is 27.2 Å². The number of hydrogen-bond acceptors (Lipinski definition) is 5. The summed E-state index contributed by atoms with van der Waals surface area (Å²) in [5, 5.41) is 4.14. The summed E-state index contributed by atoms with van der Waals surface area (Å²) in [7, 11) is 3.45. The van der Waals surface area contributed by atoms with E-state index < -0.39 is 0 Å². The zero-order valence-electron chi connectivity index (χ0n) is 14.0. The maximum absolute atomic E-state index is 12.7. The highest BCUT2D eigenvalue weighted by Gasteiger charge is 2.26. The van der Waals surface area contributed by atoms with Crippen molar-refractivity contribution in [2.24, 2.45) is 0 Å². The van der Waals surface area contributed by atoms with Gasteiger partial charge in [0, 0.05) is 39.6 Å². The van der Waals surface area contributed by atoms with Crippen LogP contribution in [-0.4, -0.2) is 57.1 Å². The van der Waals surface area contributed by atoms with Crippen LogP contribution in [-0.2, 0) is 13.0 Å². The van der Waals surface area contributed by atoms with E-state index in [2.05, 4.69) is 10.1 Å². The molecule has 0 atom stereocenters. The van der Waals surface area contributed by atoms with Crippen molar-refractivity contribution in [3.63, 3.8) is 0 Å². The van der Waals surface area contributed by atoms with Crippen molar-refractivity contribution in [3.8, 4) is 0 Å². The van der Waals surface area contributed by atoms with Crippen LogP contribution in [0.15, 0.2) is 18.6 Å². The normalized spacial score (nSPS) is 13.5. The monoisotopic (exact) mass is 328 g/mol. The van der Waals surface area contributed by atoms with Crippen molar-refractivity contribution in [3.05, 3.63) is 41.0 Å². The molecule has 2 aromatic heterocycles. The second-order valence-corrected chi connectivity index (χ2v) is 6.09. The minimum Gasteiger partial charge on any atom is -0.396 e. The highest BCUT2D eigenvalue weighted by Crippen LogP contribution is 2.23. The summed E-state index contributed by atoms with van der Waals surface area (Å²) in [5.74, 6) is -0.258. The Hall–Kier alpha value is -2.90. The second kappa shape index (κ2) is 5.95. The summed E-state index contributed by atoms with van der Waals surface area (Å²) < 4.78 is 1.25. The van der Waals surface area contributed by atoms with Gasteiger partial charge in [-0.3, -0.25) is 9.78 Å². The number of amides is 2. The lowest BCUT2D eigenvalue weighted by Crippen LogP contribution is -2.42. The van der Waals surface area contributed by atoms with Gasteiger partial charge in [0.2, 0.25) is 0 Å². The number of anilines is 1. The summed E-state index contributed by atoms with van der Waals surface area (Å²) in [5.41, 5.74) is 9.18. The Bertz CT molecular complexity index is 791. The van der Waals surface area contributed by atoms with Gasteiger partial charge in [-0.1, -0.05) is 0 Å². The minimum absolute atomic E-state index is 0.0483. The maximum Gasteiger partial charge on any atom is 0.319 e. The van der Waals surface area contributed by atoms with E-state index in [1.165, 1.54) is 10.9 Å². The van der Waals surface area contributed by atoms with Gasteiger partial charge in [-0.25, -0.2) is 9.48 Å². The molecule has 126 valence electrons. The molecule has 0 fully saturated rings. The minimum atomic E-state index is -0.258. The molecule has 24 heavy (non-hydrogen) atoms. The van der Waals surface area contributed by atoms with Crippen molar-refractivity contribution in [1.29, 1.82) is 0 Å². The summed E-state index contributed by atoms with van der Waals surface area (Å²) in [6, 6.07) is -0.0483. The molecule has 0 aromatic carbocycles. The second-order valence-electron chi connectivity index (χ2n) is 6.09. The van der Waals surface area contributed by atoms with E-state index in [1.54, 1.807) is 43.2 Å². The predicted molar refractivity (Wildman–Crippen MR) is 88.5 cm³/mol. The Balaban J connectivity index is 1.92. The molecule has 0 unspecified atom stereocenters. The fourth-order valence-electron chi connectivity index (χ4n) is 2.82. The van der Waals surface area contributed by atoms with Crippen molar-refractivity contribution in [2.45, 2.75) is 19.9 Å². The van der Waals surface area contributed by atoms with Crippen molar-refractivity contribution in [2.75, 3.05) is 26.4 Å². The molecule has 0 spiro atoms. The Kier molecular flexibility index (Phi) is 3.96. The number of urea groups is 1. The largest absolute Gasteiger partial charge is 0.396 e. The molecule has 1 aliphatic heterocycles. The quantitative estimate of drug-likeness (QED) is 0.839. The summed E-state index contributed by atoms with van der Waals surface area (Å²) in [6.07, 6.45) is 5.39. The number of rotatable bonds is 1. The van der Waals surface area contributed by atoms with Crippen LogP contribution >= 0.6 is 0 Å². The number of fused-ring (bicyclic) bond motifs is 1. The van der Waals surface area contributed by atoms with Gasteiger partial charge < -0.3 is 15.5 Å². The Morgan fingerprint density at radius 1 is 1.29 bits per heavy atom. The molecular formula is C16H20N6O2. The number of carbonyl (C=O) groups is 2. The smallest absolute Gasteiger partial charge is 0.319 e. The predicted octanol–water partition coefficient (Wildman–Crippen LogP) is 0.897. The van der Waals surface area contributed by atoms with Crippen LogP contribution < -0.4 is 5.73 Å². The molecule has 0 saturated carbocycles. The molecule has 8 nitrogen and oxygen atoms in total. The number of nitrogens with two attached hydrogens (primary N) is 1. The number of aryl methyl sites for hydroxylation is 1. The average molecular weight is 328 g/mol. The lowest BCUT2D eigenvalue weighted by molar-refractivity contribution is 0.0942. The van der Waals surface area contributed by atoms with E-state index in [1.807, 2.05) is 0 Å². The van der Waals surface area contributed by atoms with Crippen LogP contribution in [0.2, 0.25) is 0 Å². The third kappa shape index (κ3) is 2.70. The number of pyridine rings is 1. The SMILES string of the molecule is Cc1nn(C(=O)c2cncc3c2CCN(C(=O)N(C)C)C3)cc1N. The van der Waals surface area contributed by atoms with Crippen LogP contribution in [0.4, 0.5) is 10.5 Å². The van der Waals surface area contributed by atoms with Gasteiger partial charge in [0.05, 0.1) is 23.1 Å². The van der Waals surface area contributed by atoms with E-state index in [-0.39, 0.29) is 11.9 Å². The number of carbonyl (C=O) groups excluding carboxylic acids is 2. The molecule has 0 radical (unpaired) electrons. The topological polar surface area (TPSA) is 97.3 Å².